The van der Waals surface area contributed by atoms with Crippen LogP contribution in [0.4, 0.5) is 0 Å². The Labute approximate surface area is 86.1 Å². The molecular formula is C11H19N3. The Balaban J connectivity index is 0.000000500. The third kappa shape index (κ3) is 4.60. The summed E-state index contributed by atoms with van der Waals surface area (Å²) in [6.45, 7) is 6.22. The van der Waals surface area contributed by atoms with E-state index in [1.165, 1.54) is 6.42 Å². The lowest BCUT2D eigenvalue weighted by atomic mass is 10.2. The van der Waals surface area contributed by atoms with Crippen LogP contribution in [0, 0.1) is 6.92 Å². The standard InChI is InChI=1S/C8H11N3.C3H8/c1-6-3-7(5-11-4-6)8(9)10-2;1-3-2/h3-5H,1-2H3,(H2,9,10);3H2,1-2H3. The first-order valence-electron chi connectivity index (χ1n) is 4.79. The molecule has 0 aromatic carbocycles. The molecular weight excluding hydrogens is 174 g/mol. The van der Waals surface area contributed by atoms with Crippen molar-refractivity contribution < 1.29 is 0 Å². The van der Waals surface area contributed by atoms with Crippen LogP contribution in [0.15, 0.2) is 23.5 Å². The van der Waals surface area contributed by atoms with Crippen LogP contribution >= 0.6 is 0 Å². The number of nitrogens with two attached hydrogens (primary N) is 1. The lowest BCUT2D eigenvalue weighted by Crippen LogP contribution is -2.13. The number of aromatic nitrogens is 1. The van der Waals surface area contributed by atoms with E-state index in [-0.39, 0.29) is 0 Å². The molecule has 3 heteroatoms. The van der Waals surface area contributed by atoms with E-state index in [1.807, 2.05) is 13.0 Å². The van der Waals surface area contributed by atoms with E-state index in [2.05, 4.69) is 23.8 Å². The number of rotatable bonds is 1. The molecule has 1 rings (SSSR count). The third-order valence-electron chi connectivity index (χ3n) is 1.41. The van der Waals surface area contributed by atoms with Crippen molar-refractivity contribution in [3.05, 3.63) is 29.6 Å². The molecule has 0 aliphatic rings. The van der Waals surface area contributed by atoms with Crippen LogP contribution in [-0.4, -0.2) is 17.9 Å². The van der Waals surface area contributed by atoms with E-state index in [0.717, 1.165) is 11.1 Å². The molecule has 0 amide bonds. The van der Waals surface area contributed by atoms with Gasteiger partial charge in [-0.25, -0.2) is 0 Å². The van der Waals surface area contributed by atoms with Gasteiger partial charge < -0.3 is 5.73 Å². The van der Waals surface area contributed by atoms with Crippen LogP contribution in [0.3, 0.4) is 0 Å². The Kier molecular flexibility index (Phi) is 6.37. The second kappa shape index (κ2) is 7.06. The largest absolute Gasteiger partial charge is 0.383 e. The molecule has 0 unspecified atom stereocenters. The van der Waals surface area contributed by atoms with Crippen LogP contribution in [0.25, 0.3) is 0 Å². The number of nitrogens with zero attached hydrogens (tertiary/aromatic N) is 2. The van der Waals surface area contributed by atoms with Crippen molar-refractivity contribution in [3.63, 3.8) is 0 Å². The number of hydrogen-bond donors (Lipinski definition) is 1. The van der Waals surface area contributed by atoms with Gasteiger partial charge in [0.15, 0.2) is 0 Å². The lowest BCUT2D eigenvalue weighted by molar-refractivity contribution is 1.09. The van der Waals surface area contributed by atoms with Crippen LogP contribution in [-0.2, 0) is 0 Å². The van der Waals surface area contributed by atoms with E-state index in [0.29, 0.717) is 5.84 Å². The highest BCUT2D eigenvalue weighted by Gasteiger charge is 1.95. The topological polar surface area (TPSA) is 51.3 Å². The lowest BCUT2D eigenvalue weighted by Gasteiger charge is -1.98. The summed E-state index contributed by atoms with van der Waals surface area (Å²) >= 11 is 0. The van der Waals surface area contributed by atoms with Crippen molar-refractivity contribution in [2.24, 2.45) is 10.7 Å². The molecule has 3 nitrogen and oxygen atoms in total. The van der Waals surface area contributed by atoms with Gasteiger partial charge in [0.05, 0.1) is 0 Å². The average molecular weight is 193 g/mol. The van der Waals surface area contributed by atoms with E-state index in [4.69, 9.17) is 5.73 Å². The first-order valence-corrected chi connectivity index (χ1v) is 4.79. The molecule has 1 aromatic rings. The minimum atomic E-state index is 0.529. The summed E-state index contributed by atoms with van der Waals surface area (Å²) in [5.41, 5.74) is 7.55. The van der Waals surface area contributed by atoms with Gasteiger partial charge in [-0.1, -0.05) is 20.3 Å². The highest BCUT2D eigenvalue weighted by atomic mass is 14.8. The van der Waals surface area contributed by atoms with E-state index >= 15 is 0 Å². The molecule has 2 N–H and O–H groups in total. The van der Waals surface area contributed by atoms with Gasteiger partial charge in [0, 0.05) is 25.0 Å². The molecule has 0 saturated carbocycles. The van der Waals surface area contributed by atoms with Crippen LogP contribution in [0.2, 0.25) is 0 Å². The Hall–Kier alpha value is -1.38. The van der Waals surface area contributed by atoms with Gasteiger partial charge in [-0.2, -0.15) is 0 Å². The Morgan fingerprint density at radius 3 is 2.43 bits per heavy atom. The van der Waals surface area contributed by atoms with E-state index < -0.39 is 0 Å². The fourth-order valence-electron chi connectivity index (χ4n) is 0.824. The van der Waals surface area contributed by atoms with Crippen molar-refractivity contribution in [1.29, 1.82) is 0 Å². The quantitative estimate of drug-likeness (QED) is 0.548. The smallest absolute Gasteiger partial charge is 0.126 e. The van der Waals surface area contributed by atoms with Crippen molar-refractivity contribution in [3.8, 4) is 0 Å². The van der Waals surface area contributed by atoms with E-state index in [9.17, 15) is 0 Å². The van der Waals surface area contributed by atoms with Crippen LogP contribution in [0.1, 0.15) is 31.4 Å². The maximum Gasteiger partial charge on any atom is 0.126 e. The predicted molar refractivity (Wildman–Crippen MR) is 61.6 cm³/mol. The first kappa shape index (κ1) is 12.6. The highest BCUT2D eigenvalue weighted by Crippen LogP contribution is 1.99. The zero-order valence-electron chi connectivity index (χ0n) is 9.41. The van der Waals surface area contributed by atoms with Gasteiger partial charge in [0.2, 0.25) is 0 Å². The molecule has 14 heavy (non-hydrogen) atoms. The van der Waals surface area contributed by atoms with Crippen LogP contribution in [0.5, 0.6) is 0 Å². The molecule has 0 atom stereocenters. The Morgan fingerprint density at radius 2 is 2.00 bits per heavy atom. The molecule has 0 spiro atoms. The van der Waals surface area contributed by atoms with Crippen molar-refractivity contribution in [2.45, 2.75) is 27.2 Å². The number of aryl methyl sites for hydroxylation is 1. The van der Waals surface area contributed by atoms with Gasteiger partial charge in [-0.3, -0.25) is 9.98 Å². The number of aliphatic imine (C=N–C) groups is 1. The molecule has 1 heterocycles. The summed E-state index contributed by atoms with van der Waals surface area (Å²) in [5, 5.41) is 0. The number of pyridine rings is 1. The maximum absolute atomic E-state index is 5.57. The fourth-order valence-corrected chi connectivity index (χ4v) is 0.824. The molecule has 0 aliphatic carbocycles. The molecule has 78 valence electrons. The zero-order chi connectivity index (χ0) is 11.0. The summed E-state index contributed by atoms with van der Waals surface area (Å²) in [7, 11) is 1.66. The summed E-state index contributed by atoms with van der Waals surface area (Å²) in [6, 6.07) is 1.95. The summed E-state index contributed by atoms with van der Waals surface area (Å²) in [6.07, 6.45) is 4.74. The molecule has 0 saturated heterocycles. The fraction of sp³-hybridized carbons (Fsp3) is 0.455. The van der Waals surface area contributed by atoms with Gasteiger partial charge in [0.25, 0.3) is 0 Å². The second-order valence-corrected chi connectivity index (χ2v) is 3.07. The van der Waals surface area contributed by atoms with Gasteiger partial charge in [-0.15, -0.1) is 0 Å². The normalized spacial score (nSPS) is 10.4. The maximum atomic E-state index is 5.57. The van der Waals surface area contributed by atoms with Crippen LogP contribution < -0.4 is 5.73 Å². The van der Waals surface area contributed by atoms with Gasteiger partial charge >= 0.3 is 0 Å². The number of amidine groups is 1. The van der Waals surface area contributed by atoms with Gasteiger partial charge in [-0.05, 0) is 18.6 Å². The SMILES string of the molecule is CCC.CN=C(N)c1cncc(C)c1. The minimum Gasteiger partial charge on any atom is -0.383 e. The van der Waals surface area contributed by atoms with Crippen molar-refractivity contribution in [2.75, 3.05) is 7.05 Å². The number of hydrogen-bond acceptors (Lipinski definition) is 2. The first-order chi connectivity index (χ1) is 6.65. The summed E-state index contributed by atoms with van der Waals surface area (Å²) < 4.78 is 0. The Bertz CT molecular complexity index is 292. The second-order valence-electron chi connectivity index (χ2n) is 3.07. The molecule has 1 aromatic heterocycles. The molecule has 0 fully saturated rings. The average Bonchev–Trinajstić information content (AvgIpc) is 2.18. The summed E-state index contributed by atoms with van der Waals surface area (Å²) in [5.74, 6) is 0.529. The van der Waals surface area contributed by atoms with Crippen molar-refractivity contribution in [1.82, 2.24) is 4.98 Å². The monoisotopic (exact) mass is 193 g/mol. The predicted octanol–water partition coefficient (Wildman–Crippen LogP) is 2.14. The van der Waals surface area contributed by atoms with Crippen molar-refractivity contribution >= 4 is 5.84 Å². The Morgan fingerprint density at radius 1 is 1.43 bits per heavy atom. The molecule has 0 bridgehead atoms. The van der Waals surface area contributed by atoms with E-state index in [1.54, 1.807) is 19.4 Å². The zero-order valence-corrected chi connectivity index (χ0v) is 9.41. The summed E-state index contributed by atoms with van der Waals surface area (Å²) in [4.78, 5) is 7.85. The third-order valence-corrected chi connectivity index (χ3v) is 1.41. The molecule has 0 radical (unpaired) electrons. The highest BCUT2D eigenvalue weighted by molar-refractivity contribution is 5.97. The minimum absolute atomic E-state index is 0.529. The molecule has 0 aliphatic heterocycles. The van der Waals surface area contributed by atoms with Gasteiger partial charge in [0.1, 0.15) is 5.84 Å².